The van der Waals surface area contributed by atoms with E-state index in [0.29, 0.717) is 18.7 Å². The van der Waals surface area contributed by atoms with Crippen LogP contribution in [0.2, 0.25) is 0 Å². The molecule has 0 unspecified atom stereocenters. The van der Waals surface area contributed by atoms with Gasteiger partial charge in [0, 0.05) is 6.54 Å². The highest BCUT2D eigenvalue weighted by atomic mass is 16.3. The Bertz CT molecular complexity index is 605. The maximum absolute atomic E-state index is 12.0. The first-order chi connectivity index (χ1) is 10.1. The van der Waals surface area contributed by atoms with Gasteiger partial charge >= 0.3 is 0 Å². The van der Waals surface area contributed by atoms with Crippen LogP contribution in [0.15, 0.2) is 24.3 Å². The topological polar surface area (TPSA) is 104 Å². The molecular formula is C15H20N4O2. The van der Waals surface area contributed by atoms with Gasteiger partial charge in [0.1, 0.15) is 5.75 Å². The molecule has 2 rings (SSSR count). The summed E-state index contributed by atoms with van der Waals surface area (Å²) in [6.07, 6.45) is 2.39. The van der Waals surface area contributed by atoms with Gasteiger partial charge in [0.15, 0.2) is 5.69 Å². The van der Waals surface area contributed by atoms with Gasteiger partial charge < -0.3 is 16.2 Å². The third-order valence-corrected chi connectivity index (χ3v) is 3.23. The molecule has 0 aliphatic heterocycles. The van der Waals surface area contributed by atoms with Gasteiger partial charge in [0.25, 0.3) is 5.91 Å². The molecular weight excluding hydrogens is 268 g/mol. The van der Waals surface area contributed by atoms with E-state index in [2.05, 4.69) is 15.5 Å². The van der Waals surface area contributed by atoms with Crippen LogP contribution in [0.25, 0.3) is 0 Å². The van der Waals surface area contributed by atoms with Crippen molar-refractivity contribution in [3.63, 3.8) is 0 Å². The van der Waals surface area contributed by atoms with Crippen LogP contribution in [0, 0.1) is 0 Å². The van der Waals surface area contributed by atoms with E-state index in [-0.39, 0.29) is 17.4 Å². The molecule has 0 bridgehead atoms. The minimum Gasteiger partial charge on any atom is -0.508 e. The first-order valence-electron chi connectivity index (χ1n) is 7.00. The number of carbonyl (C=O) groups excluding carboxylic acids is 1. The lowest BCUT2D eigenvalue weighted by atomic mass is 10.1. The zero-order chi connectivity index (χ0) is 15.2. The Morgan fingerprint density at radius 2 is 2.05 bits per heavy atom. The lowest BCUT2D eigenvalue weighted by Crippen LogP contribution is -2.26. The predicted molar refractivity (Wildman–Crippen MR) is 81.1 cm³/mol. The smallest absolute Gasteiger partial charge is 0.273 e. The van der Waals surface area contributed by atoms with Crippen molar-refractivity contribution in [1.29, 1.82) is 0 Å². The van der Waals surface area contributed by atoms with Crippen molar-refractivity contribution in [3.8, 4) is 5.75 Å². The number of nitrogens with two attached hydrogens (primary N) is 1. The Morgan fingerprint density at radius 3 is 2.71 bits per heavy atom. The van der Waals surface area contributed by atoms with E-state index in [9.17, 15) is 9.90 Å². The van der Waals surface area contributed by atoms with Crippen molar-refractivity contribution in [1.82, 2.24) is 15.5 Å². The number of H-pyrrole nitrogens is 1. The molecule has 5 N–H and O–H groups in total. The van der Waals surface area contributed by atoms with Crippen molar-refractivity contribution in [2.24, 2.45) is 0 Å². The fourth-order valence-corrected chi connectivity index (χ4v) is 2.07. The Labute approximate surface area is 123 Å². The largest absolute Gasteiger partial charge is 0.508 e. The number of aromatic hydroxyl groups is 1. The van der Waals surface area contributed by atoms with E-state index in [1.807, 2.05) is 19.1 Å². The van der Waals surface area contributed by atoms with Crippen LogP contribution in [0.4, 0.5) is 5.69 Å². The number of nitrogen functional groups attached to an aromatic ring is 1. The summed E-state index contributed by atoms with van der Waals surface area (Å²) in [6.45, 7) is 2.52. The number of aromatic amines is 1. The number of anilines is 1. The van der Waals surface area contributed by atoms with Crippen molar-refractivity contribution < 1.29 is 9.90 Å². The fourth-order valence-electron chi connectivity index (χ4n) is 2.07. The third-order valence-electron chi connectivity index (χ3n) is 3.23. The number of aryl methyl sites for hydroxylation is 1. The maximum atomic E-state index is 12.0. The van der Waals surface area contributed by atoms with Crippen LogP contribution in [-0.2, 0) is 12.8 Å². The Balaban J connectivity index is 1.88. The number of carbonyl (C=O) groups is 1. The third kappa shape index (κ3) is 3.75. The molecule has 1 aromatic carbocycles. The van der Waals surface area contributed by atoms with Gasteiger partial charge in [-0.2, -0.15) is 5.10 Å². The van der Waals surface area contributed by atoms with Crippen LogP contribution < -0.4 is 11.1 Å². The summed E-state index contributed by atoms with van der Waals surface area (Å²) in [7, 11) is 0. The zero-order valence-corrected chi connectivity index (χ0v) is 12.0. The molecule has 112 valence electrons. The monoisotopic (exact) mass is 288 g/mol. The maximum Gasteiger partial charge on any atom is 0.273 e. The Morgan fingerprint density at radius 1 is 1.33 bits per heavy atom. The van der Waals surface area contributed by atoms with E-state index in [1.165, 1.54) is 0 Å². The average Bonchev–Trinajstić information content (AvgIpc) is 2.83. The van der Waals surface area contributed by atoms with Gasteiger partial charge in [-0.15, -0.1) is 0 Å². The molecule has 21 heavy (non-hydrogen) atoms. The molecule has 6 nitrogen and oxygen atoms in total. The number of phenols is 1. The summed E-state index contributed by atoms with van der Waals surface area (Å²) in [5.74, 6) is -0.0413. The molecule has 0 aliphatic carbocycles. The lowest BCUT2D eigenvalue weighted by Gasteiger charge is -2.04. The normalized spacial score (nSPS) is 10.5. The van der Waals surface area contributed by atoms with Gasteiger partial charge in [0.05, 0.1) is 11.4 Å². The molecule has 6 heteroatoms. The van der Waals surface area contributed by atoms with E-state index < -0.39 is 0 Å². The van der Waals surface area contributed by atoms with E-state index >= 15 is 0 Å². The molecule has 0 atom stereocenters. The van der Waals surface area contributed by atoms with Crippen LogP contribution in [0.3, 0.4) is 0 Å². The molecule has 0 radical (unpaired) electrons. The van der Waals surface area contributed by atoms with Gasteiger partial charge in [0.2, 0.25) is 0 Å². The summed E-state index contributed by atoms with van der Waals surface area (Å²) < 4.78 is 0. The second-order valence-corrected chi connectivity index (χ2v) is 4.89. The molecule has 0 spiro atoms. The predicted octanol–water partition coefficient (Wildman–Crippen LogP) is 1.62. The van der Waals surface area contributed by atoms with E-state index in [1.54, 1.807) is 12.1 Å². The van der Waals surface area contributed by atoms with Crippen molar-refractivity contribution >= 4 is 11.6 Å². The second-order valence-electron chi connectivity index (χ2n) is 4.89. The summed E-state index contributed by atoms with van der Waals surface area (Å²) in [5, 5.41) is 18.8. The Kier molecular flexibility index (Phi) is 4.81. The van der Waals surface area contributed by atoms with Crippen LogP contribution in [-0.4, -0.2) is 27.8 Å². The van der Waals surface area contributed by atoms with Crippen LogP contribution >= 0.6 is 0 Å². The number of amides is 1. The molecule has 2 aromatic rings. The van der Waals surface area contributed by atoms with E-state index in [4.69, 9.17) is 5.73 Å². The first-order valence-corrected chi connectivity index (χ1v) is 7.00. The molecule has 1 heterocycles. The highest BCUT2D eigenvalue weighted by Gasteiger charge is 2.16. The van der Waals surface area contributed by atoms with Gasteiger partial charge in [-0.25, -0.2) is 0 Å². The van der Waals surface area contributed by atoms with Gasteiger partial charge in [-0.1, -0.05) is 25.5 Å². The fraction of sp³-hybridized carbons (Fsp3) is 0.333. The summed E-state index contributed by atoms with van der Waals surface area (Å²) in [6, 6.07) is 6.90. The first kappa shape index (κ1) is 14.9. The number of nitrogens with one attached hydrogen (secondary N) is 2. The minimum atomic E-state index is -0.273. The molecule has 0 saturated carbocycles. The van der Waals surface area contributed by atoms with Crippen LogP contribution in [0.5, 0.6) is 5.75 Å². The van der Waals surface area contributed by atoms with Crippen molar-refractivity contribution in [2.45, 2.75) is 26.2 Å². The van der Waals surface area contributed by atoms with E-state index in [0.717, 1.165) is 24.1 Å². The summed E-state index contributed by atoms with van der Waals surface area (Å²) in [5.41, 5.74) is 8.43. The number of phenolic OH excluding ortho intramolecular Hbond substituents is 1. The number of rotatable bonds is 6. The van der Waals surface area contributed by atoms with Gasteiger partial charge in [-0.3, -0.25) is 9.89 Å². The van der Waals surface area contributed by atoms with Crippen molar-refractivity contribution in [2.75, 3.05) is 12.3 Å². The number of hydrogen-bond acceptors (Lipinski definition) is 4. The van der Waals surface area contributed by atoms with Gasteiger partial charge in [-0.05, 0) is 30.5 Å². The highest BCUT2D eigenvalue weighted by molar-refractivity contribution is 5.97. The van der Waals surface area contributed by atoms with Crippen molar-refractivity contribution in [3.05, 3.63) is 41.2 Å². The lowest BCUT2D eigenvalue weighted by molar-refractivity contribution is 0.0950. The average molecular weight is 288 g/mol. The quantitative estimate of drug-likeness (QED) is 0.648. The minimum absolute atomic E-state index is 0.232. The zero-order valence-electron chi connectivity index (χ0n) is 12.0. The summed E-state index contributed by atoms with van der Waals surface area (Å²) >= 11 is 0. The Hall–Kier alpha value is -2.50. The molecule has 1 aromatic heterocycles. The SMILES string of the molecule is CCCc1[nH]nc(C(=O)NCCc2ccc(O)cc2)c1N. The molecule has 0 saturated heterocycles. The highest BCUT2D eigenvalue weighted by Crippen LogP contribution is 2.15. The number of nitrogens with zero attached hydrogens (tertiary/aromatic N) is 1. The molecule has 0 aliphatic rings. The summed E-state index contributed by atoms with van der Waals surface area (Å²) in [4.78, 5) is 12.0. The number of hydrogen-bond donors (Lipinski definition) is 4. The molecule has 1 amide bonds. The number of aromatic nitrogens is 2. The second kappa shape index (κ2) is 6.78. The van der Waals surface area contributed by atoms with Crippen LogP contribution in [0.1, 0.15) is 35.1 Å². The molecule has 0 fully saturated rings. The standard InChI is InChI=1S/C15H20N4O2/c1-2-3-12-13(16)14(19-18-12)15(21)17-9-8-10-4-6-11(20)7-5-10/h4-7,20H,2-3,8-9,16H2,1H3,(H,17,21)(H,18,19). The number of benzene rings is 1.